The van der Waals surface area contributed by atoms with Crippen LogP contribution >= 0.6 is 23.5 Å². The molecule has 1 aromatic heterocycles. The lowest BCUT2D eigenvalue weighted by molar-refractivity contribution is -0.117. The number of aliphatic hydroxyl groups is 1. The van der Waals surface area contributed by atoms with Crippen LogP contribution in [-0.4, -0.2) is 47.1 Å². The fourth-order valence-corrected chi connectivity index (χ4v) is 4.15. The van der Waals surface area contributed by atoms with Gasteiger partial charge in [0.1, 0.15) is 5.69 Å². The molecule has 1 aliphatic rings. The first-order valence-corrected chi connectivity index (χ1v) is 9.79. The number of ether oxygens (including phenoxy) is 1. The van der Waals surface area contributed by atoms with Gasteiger partial charge >= 0.3 is 0 Å². The van der Waals surface area contributed by atoms with E-state index in [0.717, 1.165) is 5.56 Å². The maximum atomic E-state index is 12.9. The summed E-state index contributed by atoms with van der Waals surface area (Å²) in [5.74, 6) is -0.0560. The van der Waals surface area contributed by atoms with E-state index in [9.17, 15) is 14.7 Å². The fraction of sp³-hybridized carbons (Fsp3) is 0.368. The number of hydrogen-bond acceptors (Lipinski definition) is 5. The highest BCUT2D eigenvalue weighted by molar-refractivity contribution is 7.98. The van der Waals surface area contributed by atoms with E-state index in [1.807, 2.05) is 12.1 Å². The van der Waals surface area contributed by atoms with Crippen molar-refractivity contribution in [1.29, 1.82) is 0 Å². The molecule has 1 aliphatic heterocycles. The number of anilines is 1. The molecule has 1 amide bonds. The summed E-state index contributed by atoms with van der Waals surface area (Å²) in [6.07, 6.45) is 1.98. The van der Waals surface area contributed by atoms with Crippen LogP contribution < -0.4 is 10.5 Å². The van der Waals surface area contributed by atoms with Crippen molar-refractivity contribution in [1.82, 2.24) is 3.97 Å². The molecule has 1 N–H and O–H groups in total. The highest BCUT2D eigenvalue weighted by atomic mass is 35.5. The number of benzene rings is 1. The van der Waals surface area contributed by atoms with E-state index >= 15 is 0 Å². The molecule has 2 heterocycles. The van der Waals surface area contributed by atoms with Gasteiger partial charge in [0.05, 0.1) is 18.5 Å². The number of hydrogen-bond donors (Lipinski definition) is 1. The largest absolute Gasteiger partial charge is 0.395 e. The first-order valence-electron chi connectivity index (χ1n) is 8.58. The molecule has 8 heteroatoms. The highest BCUT2D eigenvalue weighted by Gasteiger charge is 2.33. The van der Waals surface area contributed by atoms with Crippen molar-refractivity contribution in [2.24, 2.45) is 0 Å². The number of methoxy groups -OCH3 is 1. The van der Waals surface area contributed by atoms with Gasteiger partial charge in [0.15, 0.2) is 0 Å². The van der Waals surface area contributed by atoms with E-state index in [1.165, 1.54) is 15.9 Å². The Kier molecular flexibility index (Phi) is 6.59. The van der Waals surface area contributed by atoms with Gasteiger partial charge in [-0.2, -0.15) is 0 Å². The van der Waals surface area contributed by atoms with Gasteiger partial charge in [-0.05, 0) is 41.8 Å². The van der Waals surface area contributed by atoms with Crippen molar-refractivity contribution in [3.63, 3.8) is 0 Å². The van der Waals surface area contributed by atoms with Crippen molar-refractivity contribution >= 4 is 35.1 Å². The Morgan fingerprint density at radius 3 is 2.70 bits per heavy atom. The zero-order valence-corrected chi connectivity index (χ0v) is 16.4. The third kappa shape index (κ3) is 4.55. The predicted molar refractivity (Wildman–Crippen MR) is 108 cm³/mol. The third-order valence-electron chi connectivity index (χ3n) is 4.47. The van der Waals surface area contributed by atoms with Crippen LogP contribution in [0.5, 0.6) is 0 Å². The van der Waals surface area contributed by atoms with Crippen LogP contribution in [0.15, 0.2) is 47.4 Å². The zero-order valence-electron chi connectivity index (χ0n) is 14.9. The molecule has 3 rings (SSSR count). The molecule has 2 aromatic rings. The topological polar surface area (TPSA) is 71.8 Å². The quantitative estimate of drug-likeness (QED) is 0.762. The van der Waals surface area contributed by atoms with Crippen LogP contribution in [-0.2, 0) is 9.53 Å². The average Bonchev–Trinajstić information content (AvgIpc) is 3.05. The van der Waals surface area contributed by atoms with E-state index < -0.39 is 0 Å². The Labute approximate surface area is 166 Å². The molecule has 1 aromatic carbocycles. The summed E-state index contributed by atoms with van der Waals surface area (Å²) < 4.78 is 6.50. The van der Waals surface area contributed by atoms with Gasteiger partial charge in [0, 0.05) is 37.2 Å². The number of aliphatic hydroxyl groups excluding tert-OH is 1. The number of rotatable bonds is 7. The standard InChI is InChI=1S/C19H21ClN2O4S/c1-26-12-16(11-23)27-22-8-2-3-17(19(22)25)21-10-14(9-18(21)24)13-4-6-15(20)7-5-13/h2-8,14,16,23H,9-12H2,1H3. The molecule has 0 saturated carbocycles. The Morgan fingerprint density at radius 1 is 1.30 bits per heavy atom. The number of aromatic nitrogens is 1. The highest BCUT2D eigenvalue weighted by Crippen LogP contribution is 2.31. The number of carbonyl (C=O) groups is 1. The van der Waals surface area contributed by atoms with E-state index in [2.05, 4.69) is 0 Å². The summed E-state index contributed by atoms with van der Waals surface area (Å²) in [5.41, 5.74) is 1.10. The molecule has 1 saturated heterocycles. The molecule has 2 atom stereocenters. The number of amides is 1. The smallest absolute Gasteiger partial charge is 0.284 e. The molecule has 6 nitrogen and oxygen atoms in total. The van der Waals surface area contributed by atoms with Crippen molar-refractivity contribution in [3.05, 3.63) is 63.5 Å². The van der Waals surface area contributed by atoms with Crippen molar-refractivity contribution in [2.75, 3.05) is 31.8 Å². The molecule has 0 aliphatic carbocycles. The second-order valence-electron chi connectivity index (χ2n) is 6.35. The zero-order chi connectivity index (χ0) is 19.4. The van der Waals surface area contributed by atoms with Gasteiger partial charge in [-0.3, -0.25) is 13.6 Å². The number of pyridine rings is 1. The minimum atomic E-state index is -0.276. The lowest BCUT2D eigenvalue weighted by Crippen LogP contribution is -2.32. The molecule has 1 fully saturated rings. The molecule has 0 bridgehead atoms. The summed E-state index contributed by atoms with van der Waals surface area (Å²) in [6, 6.07) is 10.8. The minimum absolute atomic E-state index is 0.0224. The summed E-state index contributed by atoms with van der Waals surface area (Å²) >= 11 is 7.12. The molecule has 144 valence electrons. The lowest BCUT2D eigenvalue weighted by atomic mass is 9.98. The monoisotopic (exact) mass is 408 g/mol. The van der Waals surface area contributed by atoms with Gasteiger partial charge in [0.2, 0.25) is 5.91 Å². The molecule has 2 unspecified atom stereocenters. The maximum Gasteiger partial charge on any atom is 0.284 e. The van der Waals surface area contributed by atoms with Gasteiger partial charge in [-0.25, -0.2) is 0 Å². The van der Waals surface area contributed by atoms with Crippen LogP contribution in [0, 0.1) is 0 Å². The van der Waals surface area contributed by atoms with Crippen molar-refractivity contribution < 1.29 is 14.6 Å². The van der Waals surface area contributed by atoms with Crippen molar-refractivity contribution in [3.8, 4) is 0 Å². The van der Waals surface area contributed by atoms with E-state index in [0.29, 0.717) is 30.3 Å². The second kappa shape index (κ2) is 8.93. The predicted octanol–water partition coefficient (Wildman–Crippen LogP) is 2.53. The molecule has 27 heavy (non-hydrogen) atoms. The summed E-state index contributed by atoms with van der Waals surface area (Å²) in [5, 5.41) is 9.81. The number of nitrogens with zero attached hydrogens (tertiary/aromatic N) is 2. The van der Waals surface area contributed by atoms with Crippen molar-refractivity contribution in [2.45, 2.75) is 17.6 Å². The third-order valence-corrected chi connectivity index (χ3v) is 5.82. The number of halogens is 1. The van der Waals surface area contributed by atoms with Gasteiger partial charge < -0.3 is 14.7 Å². The molecular weight excluding hydrogens is 388 g/mol. The van der Waals surface area contributed by atoms with Crippen LogP contribution in [0.2, 0.25) is 5.02 Å². The Hall–Kier alpha value is -1.80. The summed E-state index contributed by atoms with van der Waals surface area (Å²) in [4.78, 5) is 27.0. The van der Waals surface area contributed by atoms with E-state index in [4.69, 9.17) is 16.3 Å². The van der Waals surface area contributed by atoms with Crippen LogP contribution in [0.3, 0.4) is 0 Å². The van der Waals surface area contributed by atoms with Gasteiger partial charge in [-0.15, -0.1) is 0 Å². The van der Waals surface area contributed by atoms with Crippen LogP contribution in [0.4, 0.5) is 5.69 Å². The first-order chi connectivity index (χ1) is 13.0. The summed E-state index contributed by atoms with van der Waals surface area (Å²) in [6.45, 7) is 0.654. The number of carbonyl (C=O) groups excluding carboxylic acids is 1. The molecule has 0 radical (unpaired) electrons. The average molecular weight is 409 g/mol. The Balaban J connectivity index is 1.82. The summed E-state index contributed by atoms with van der Waals surface area (Å²) in [7, 11) is 1.54. The lowest BCUT2D eigenvalue weighted by Gasteiger charge is -2.19. The van der Waals surface area contributed by atoms with E-state index in [1.54, 1.807) is 42.5 Å². The fourth-order valence-electron chi connectivity index (χ4n) is 3.11. The van der Waals surface area contributed by atoms with E-state index in [-0.39, 0.29) is 29.2 Å². The maximum absolute atomic E-state index is 12.9. The second-order valence-corrected chi connectivity index (χ2v) is 8.05. The first kappa shape index (κ1) is 19.9. The molecular formula is C19H21ClN2O4S. The van der Waals surface area contributed by atoms with Gasteiger partial charge in [-0.1, -0.05) is 23.7 Å². The van der Waals surface area contributed by atoms with Crippen LogP contribution in [0.1, 0.15) is 17.9 Å². The minimum Gasteiger partial charge on any atom is -0.395 e. The SMILES string of the molecule is COCC(CO)Sn1cccc(N2CC(c3ccc(Cl)cc3)CC2=O)c1=O. The van der Waals surface area contributed by atoms with Crippen LogP contribution in [0.25, 0.3) is 0 Å². The normalized spacial score (nSPS) is 18.1. The Morgan fingerprint density at radius 2 is 2.04 bits per heavy atom. The van der Waals surface area contributed by atoms with Gasteiger partial charge in [0.25, 0.3) is 5.56 Å². The molecule has 0 spiro atoms. The Bertz CT molecular complexity index is 856.